The van der Waals surface area contributed by atoms with Crippen LogP contribution in [0, 0.1) is 0 Å². The van der Waals surface area contributed by atoms with Crippen LogP contribution in [0.4, 0.5) is 0 Å². The highest BCUT2D eigenvalue weighted by atomic mass is 35.5. The molecule has 1 unspecified atom stereocenters. The van der Waals surface area contributed by atoms with E-state index < -0.39 is 0 Å². The van der Waals surface area contributed by atoms with Crippen molar-refractivity contribution in [2.45, 2.75) is 31.2 Å². The van der Waals surface area contributed by atoms with Gasteiger partial charge >= 0.3 is 0 Å². The standard InChI is InChI=1S/C19H19ClN4/c1-24-9-8-12-10-14(20)18-19(22-23-21-18)16(12)17-13-5-3-2-4-11(13)6-7-15(17)24/h2-5,10,15,17H,6-9H2,1H3,(H,21,22,23)/t15?,17-/m0/s1. The number of halogens is 1. The lowest BCUT2D eigenvalue weighted by Gasteiger charge is -2.38. The quantitative estimate of drug-likeness (QED) is 0.682. The topological polar surface area (TPSA) is 44.8 Å². The van der Waals surface area contributed by atoms with E-state index in [-0.39, 0.29) is 0 Å². The number of nitrogens with zero attached hydrogens (tertiary/aromatic N) is 3. The summed E-state index contributed by atoms with van der Waals surface area (Å²) in [7, 11) is 2.25. The minimum Gasteiger partial charge on any atom is -0.302 e. The normalized spacial score (nSPS) is 23.4. The van der Waals surface area contributed by atoms with E-state index in [9.17, 15) is 0 Å². The van der Waals surface area contributed by atoms with Crippen LogP contribution < -0.4 is 0 Å². The third kappa shape index (κ3) is 1.96. The average molecular weight is 339 g/mol. The van der Waals surface area contributed by atoms with Gasteiger partial charge in [-0.1, -0.05) is 35.9 Å². The molecule has 1 aliphatic heterocycles. The monoisotopic (exact) mass is 338 g/mol. The minimum absolute atomic E-state index is 0.335. The van der Waals surface area contributed by atoms with Gasteiger partial charge in [0.1, 0.15) is 11.0 Å². The van der Waals surface area contributed by atoms with Gasteiger partial charge in [-0.2, -0.15) is 15.4 Å². The third-order valence-electron chi connectivity index (χ3n) is 5.77. The number of hydrogen-bond acceptors (Lipinski definition) is 3. The molecule has 2 aromatic carbocycles. The number of nitrogens with one attached hydrogen (secondary N) is 1. The predicted molar refractivity (Wildman–Crippen MR) is 95.6 cm³/mol. The lowest BCUT2D eigenvalue weighted by atomic mass is 9.74. The first-order valence-corrected chi connectivity index (χ1v) is 8.91. The number of benzene rings is 2. The van der Waals surface area contributed by atoms with Crippen LogP contribution in [0.2, 0.25) is 5.02 Å². The van der Waals surface area contributed by atoms with Crippen LogP contribution in [0.1, 0.15) is 34.6 Å². The summed E-state index contributed by atoms with van der Waals surface area (Å²) in [6.45, 7) is 1.05. The van der Waals surface area contributed by atoms with Gasteiger partial charge in [0, 0.05) is 18.5 Å². The van der Waals surface area contributed by atoms with Crippen LogP contribution in [0.15, 0.2) is 30.3 Å². The van der Waals surface area contributed by atoms with E-state index in [1.165, 1.54) is 28.7 Å². The van der Waals surface area contributed by atoms with Crippen molar-refractivity contribution >= 4 is 22.6 Å². The van der Waals surface area contributed by atoms with Crippen molar-refractivity contribution < 1.29 is 0 Å². The largest absolute Gasteiger partial charge is 0.302 e. The van der Waals surface area contributed by atoms with Crippen LogP contribution in [0.3, 0.4) is 0 Å². The van der Waals surface area contributed by atoms with E-state index in [4.69, 9.17) is 11.6 Å². The number of rotatable bonds is 0. The molecule has 1 aromatic heterocycles. The second kappa shape index (κ2) is 5.30. The fourth-order valence-corrected chi connectivity index (χ4v) is 4.88. The zero-order valence-electron chi connectivity index (χ0n) is 13.6. The smallest absolute Gasteiger partial charge is 0.131 e. The number of likely N-dealkylation sites (N-methyl/N-ethyl adjacent to an activating group) is 1. The highest BCUT2D eigenvalue weighted by Gasteiger charge is 2.38. The Labute approximate surface area is 145 Å². The molecule has 24 heavy (non-hydrogen) atoms. The fourth-order valence-electron chi connectivity index (χ4n) is 4.62. The predicted octanol–water partition coefficient (Wildman–Crippen LogP) is 3.55. The van der Waals surface area contributed by atoms with Crippen LogP contribution >= 0.6 is 11.6 Å². The van der Waals surface area contributed by atoms with Crippen molar-refractivity contribution in [2.24, 2.45) is 0 Å². The summed E-state index contributed by atoms with van der Waals surface area (Å²) in [5, 5.41) is 12.3. The van der Waals surface area contributed by atoms with Gasteiger partial charge in [-0.15, -0.1) is 0 Å². The summed E-state index contributed by atoms with van der Waals surface area (Å²) < 4.78 is 0. The van der Waals surface area contributed by atoms with Crippen molar-refractivity contribution in [3.05, 3.63) is 57.6 Å². The first kappa shape index (κ1) is 14.4. The lowest BCUT2D eigenvalue weighted by Crippen LogP contribution is -2.39. The van der Waals surface area contributed by atoms with E-state index in [0.717, 1.165) is 30.4 Å². The molecular formula is C19H19ClN4. The van der Waals surface area contributed by atoms with E-state index in [2.05, 4.69) is 57.7 Å². The maximum absolute atomic E-state index is 6.46. The number of aromatic amines is 1. The SMILES string of the molecule is CN1CCc2cc(Cl)c3n[nH]nc3c2[C@H]2c3ccccc3CCC21. The first-order chi connectivity index (χ1) is 11.7. The first-order valence-electron chi connectivity index (χ1n) is 8.54. The number of H-pyrrole nitrogens is 1. The third-order valence-corrected chi connectivity index (χ3v) is 6.06. The number of aromatic nitrogens is 3. The van der Waals surface area contributed by atoms with E-state index >= 15 is 0 Å². The van der Waals surface area contributed by atoms with Crippen LogP contribution in [-0.2, 0) is 12.8 Å². The van der Waals surface area contributed by atoms with Gasteiger partial charge < -0.3 is 4.90 Å². The highest BCUT2D eigenvalue weighted by molar-refractivity contribution is 6.35. The van der Waals surface area contributed by atoms with Crippen LogP contribution in [0.25, 0.3) is 11.0 Å². The van der Waals surface area contributed by atoms with Gasteiger partial charge in [0.25, 0.3) is 0 Å². The Bertz CT molecular complexity index is 932. The van der Waals surface area contributed by atoms with Crippen molar-refractivity contribution in [1.82, 2.24) is 20.3 Å². The lowest BCUT2D eigenvalue weighted by molar-refractivity contribution is 0.214. The summed E-state index contributed by atoms with van der Waals surface area (Å²) in [4.78, 5) is 2.51. The molecule has 2 aliphatic rings. The van der Waals surface area contributed by atoms with Crippen molar-refractivity contribution in [3.8, 4) is 0 Å². The number of fused-ring (bicyclic) bond motifs is 7. The number of hydrogen-bond donors (Lipinski definition) is 1. The molecule has 1 aliphatic carbocycles. The maximum Gasteiger partial charge on any atom is 0.131 e. The fraction of sp³-hybridized carbons (Fsp3) is 0.368. The zero-order chi connectivity index (χ0) is 16.3. The van der Waals surface area contributed by atoms with E-state index in [0.29, 0.717) is 17.0 Å². The molecule has 122 valence electrons. The van der Waals surface area contributed by atoms with Crippen LogP contribution in [-0.4, -0.2) is 39.9 Å². The summed E-state index contributed by atoms with van der Waals surface area (Å²) in [5.74, 6) is 0.335. The highest BCUT2D eigenvalue weighted by Crippen LogP contribution is 2.45. The Hall–Kier alpha value is -1.91. The Morgan fingerprint density at radius 1 is 1.12 bits per heavy atom. The van der Waals surface area contributed by atoms with Gasteiger partial charge in [-0.25, -0.2) is 0 Å². The van der Waals surface area contributed by atoms with Gasteiger partial charge in [0.2, 0.25) is 0 Å². The Balaban J connectivity index is 1.84. The zero-order valence-corrected chi connectivity index (χ0v) is 14.3. The van der Waals surface area contributed by atoms with Gasteiger partial charge in [0.15, 0.2) is 0 Å². The van der Waals surface area contributed by atoms with Gasteiger partial charge in [0.05, 0.1) is 5.02 Å². The molecule has 0 radical (unpaired) electrons. The summed E-state index contributed by atoms with van der Waals surface area (Å²) in [6, 6.07) is 11.5. The molecule has 2 atom stereocenters. The van der Waals surface area contributed by atoms with Gasteiger partial charge in [-0.3, -0.25) is 0 Å². The van der Waals surface area contributed by atoms with Crippen molar-refractivity contribution in [2.75, 3.05) is 13.6 Å². The molecule has 4 nitrogen and oxygen atoms in total. The molecule has 0 saturated carbocycles. The molecule has 0 fully saturated rings. The average Bonchev–Trinajstić information content (AvgIpc) is 3.04. The summed E-state index contributed by atoms with van der Waals surface area (Å²) >= 11 is 6.46. The van der Waals surface area contributed by atoms with Gasteiger partial charge in [-0.05, 0) is 54.6 Å². The van der Waals surface area contributed by atoms with Crippen molar-refractivity contribution in [3.63, 3.8) is 0 Å². The van der Waals surface area contributed by atoms with E-state index in [1.54, 1.807) is 0 Å². The molecule has 0 saturated heterocycles. The second-order valence-corrected chi connectivity index (χ2v) is 7.37. The molecule has 3 aromatic rings. The molecule has 2 heterocycles. The summed E-state index contributed by atoms with van der Waals surface area (Å²) in [6.07, 6.45) is 3.33. The Morgan fingerprint density at radius 3 is 2.88 bits per heavy atom. The molecule has 1 N–H and O–H groups in total. The van der Waals surface area contributed by atoms with E-state index in [1.807, 2.05) is 0 Å². The molecule has 5 rings (SSSR count). The Kier molecular flexibility index (Phi) is 3.19. The second-order valence-electron chi connectivity index (χ2n) is 6.97. The maximum atomic E-state index is 6.46. The number of aryl methyl sites for hydroxylation is 1. The molecular weight excluding hydrogens is 320 g/mol. The molecule has 0 amide bonds. The molecule has 5 heteroatoms. The molecule has 0 bridgehead atoms. The van der Waals surface area contributed by atoms with Crippen LogP contribution in [0.5, 0.6) is 0 Å². The van der Waals surface area contributed by atoms with Crippen molar-refractivity contribution in [1.29, 1.82) is 0 Å². The molecule has 0 spiro atoms. The minimum atomic E-state index is 0.335. The summed E-state index contributed by atoms with van der Waals surface area (Å²) in [5.41, 5.74) is 7.28. The Morgan fingerprint density at radius 2 is 1.96 bits per heavy atom.